The van der Waals surface area contributed by atoms with E-state index < -0.39 is 0 Å². The van der Waals surface area contributed by atoms with E-state index in [0.29, 0.717) is 6.61 Å². The van der Waals surface area contributed by atoms with Crippen LogP contribution in [0.3, 0.4) is 0 Å². The SMILES string of the molecule is CCCCCCCCCCCCCCCCCCCNCCCCCCO. The van der Waals surface area contributed by atoms with Gasteiger partial charge in [-0.15, -0.1) is 0 Å². The van der Waals surface area contributed by atoms with Gasteiger partial charge in [0, 0.05) is 6.61 Å². The fraction of sp³-hybridized carbons (Fsp3) is 1.00. The van der Waals surface area contributed by atoms with E-state index in [1.165, 1.54) is 135 Å². The van der Waals surface area contributed by atoms with E-state index in [0.717, 1.165) is 13.0 Å². The predicted octanol–water partition coefficient (Wildman–Crippen LogP) is 7.78. The number of nitrogens with one attached hydrogen (secondary N) is 1. The monoisotopic (exact) mass is 383 g/mol. The quantitative estimate of drug-likeness (QED) is 0.167. The van der Waals surface area contributed by atoms with E-state index in [1.54, 1.807) is 0 Å². The molecule has 164 valence electrons. The second kappa shape index (κ2) is 25.9. The lowest BCUT2D eigenvalue weighted by Crippen LogP contribution is -2.16. The summed E-state index contributed by atoms with van der Waals surface area (Å²) in [7, 11) is 0. The second-order valence-corrected chi connectivity index (χ2v) is 8.54. The van der Waals surface area contributed by atoms with Gasteiger partial charge in [-0.3, -0.25) is 0 Å². The van der Waals surface area contributed by atoms with Crippen molar-refractivity contribution in [1.29, 1.82) is 0 Å². The van der Waals surface area contributed by atoms with Crippen LogP contribution in [0, 0.1) is 0 Å². The molecule has 0 unspecified atom stereocenters. The molecule has 0 rings (SSSR count). The van der Waals surface area contributed by atoms with Crippen LogP contribution in [0.15, 0.2) is 0 Å². The number of aliphatic hydroxyl groups excluding tert-OH is 1. The molecule has 0 amide bonds. The van der Waals surface area contributed by atoms with Crippen LogP contribution in [0.2, 0.25) is 0 Å². The zero-order valence-electron chi connectivity index (χ0n) is 18.9. The lowest BCUT2D eigenvalue weighted by atomic mass is 10.0. The fourth-order valence-electron chi connectivity index (χ4n) is 3.82. The van der Waals surface area contributed by atoms with Gasteiger partial charge >= 0.3 is 0 Å². The maximum atomic E-state index is 8.72. The van der Waals surface area contributed by atoms with Gasteiger partial charge in [0.15, 0.2) is 0 Å². The highest BCUT2D eigenvalue weighted by Crippen LogP contribution is 2.13. The van der Waals surface area contributed by atoms with Crippen molar-refractivity contribution < 1.29 is 5.11 Å². The van der Waals surface area contributed by atoms with Crippen molar-refractivity contribution >= 4 is 0 Å². The summed E-state index contributed by atoms with van der Waals surface area (Å²) in [4.78, 5) is 0. The molecular formula is C25H53NO. The summed E-state index contributed by atoms with van der Waals surface area (Å²) in [5, 5.41) is 12.3. The normalized spacial score (nSPS) is 11.3. The molecule has 0 heterocycles. The molecule has 0 aromatic rings. The number of unbranched alkanes of at least 4 members (excludes halogenated alkanes) is 19. The molecular weight excluding hydrogens is 330 g/mol. The molecule has 2 nitrogen and oxygen atoms in total. The third-order valence-electron chi connectivity index (χ3n) is 5.72. The number of hydrogen-bond donors (Lipinski definition) is 2. The topological polar surface area (TPSA) is 32.3 Å². The molecule has 0 aliphatic carbocycles. The molecule has 2 N–H and O–H groups in total. The molecule has 0 aliphatic rings. The van der Waals surface area contributed by atoms with E-state index in [9.17, 15) is 0 Å². The third-order valence-corrected chi connectivity index (χ3v) is 5.72. The first-order chi connectivity index (χ1) is 13.4. The lowest BCUT2D eigenvalue weighted by Gasteiger charge is -2.05. The van der Waals surface area contributed by atoms with Gasteiger partial charge in [-0.1, -0.05) is 122 Å². The van der Waals surface area contributed by atoms with Crippen LogP contribution >= 0.6 is 0 Å². The van der Waals surface area contributed by atoms with Crippen molar-refractivity contribution in [2.45, 2.75) is 142 Å². The zero-order valence-corrected chi connectivity index (χ0v) is 18.9. The Balaban J connectivity index is 2.95. The molecule has 0 aliphatic heterocycles. The molecule has 0 spiro atoms. The summed E-state index contributed by atoms with van der Waals surface area (Å²) in [6, 6.07) is 0. The number of rotatable bonds is 24. The second-order valence-electron chi connectivity index (χ2n) is 8.54. The van der Waals surface area contributed by atoms with Gasteiger partial charge in [0.05, 0.1) is 0 Å². The Morgan fingerprint density at radius 3 is 1.04 bits per heavy atom. The summed E-state index contributed by atoms with van der Waals surface area (Å²) in [6.45, 7) is 5.00. The Kier molecular flexibility index (Phi) is 25.8. The Morgan fingerprint density at radius 1 is 0.407 bits per heavy atom. The van der Waals surface area contributed by atoms with Crippen molar-refractivity contribution in [1.82, 2.24) is 5.32 Å². The molecule has 0 radical (unpaired) electrons. The molecule has 0 saturated carbocycles. The Morgan fingerprint density at radius 2 is 0.704 bits per heavy atom. The number of aliphatic hydroxyl groups is 1. The highest BCUT2D eigenvalue weighted by Gasteiger charge is 1.95. The van der Waals surface area contributed by atoms with Gasteiger partial charge in [-0.2, -0.15) is 0 Å². The summed E-state index contributed by atoms with van der Waals surface area (Å²) in [6.07, 6.45) is 29.2. The first kappa shape index (κ1) is 26.9. The molecule has 0 bridgehead atoms. The van der Waals surface area contributed by atoms with Gasteiger partial charge in [-0.25, -0.2) is 0 Å². The molecule has 0 atom stereocenters. The van der Waals surface area contributed by atoms with Crippen molar-refractivity contribution in [3.63, 3.8) is 0 Å². The molecule has 27 heavy (non-hydrogen) atoms. The van der Waals surface area contributed by atoms with E-state index in [4.69, 9.17) is 5.11 Å². The molecule has 0 aromatic heterocycles. The molecule has 0 saturated heterocycles. The Bertz CT molecular complexity index is 220. The van der Waals surface area contributed by atoms with E-state index >= 15 is 0 Å². The summed E-state index contributed by atoms with van der Waals surface area (Å²) >= 11 is 0. The van der Waals surface area contributed by atoms with Crippen LogP contribution < -0.4 is 5.32 Å². The fourth-order valence-corrected chi connectivity index (χ4v) is 3.82. The highest BCUT2D eigenvalue weighted by atomic mass is 16.2. The number of hydrogen-bond acceptors (Lipinski definition) is 2. The summed E-state index contributed by atoms with van der Waals surface area (Å²) in [5.74, 6) is 0. The van der Waals surface area contributed by atoms with Crippen LogP contribution in [0.4, 0.5) is 0 Å². The molecule has 2 heteroatoms. The molecule has 0 fully saturated rings. The molecule has 0 aromatic carbocycles. The first-order valence-electron chi connectivity index (χ1n) is 12.7. The smallest absolute Gasteiger partial charge is 0.0431 e. The maximum absolute atomic E-state index is 8.72. The van der Waals surface area contributed by atoms with Crippen molar-refractivity contribution in [3.05, 3.63) is 0 Å². The van der Waals surface area contributed by atoms with Gasteiger partial charge in [-0.05, 0) is 32.4 Å². The van der Waals surface area contributed by atoms with Crippen LogP contribution in [-0.2, 0) is 0 Å². The van der Waals surface area contributed by atoms with Crippen LogP contribution in [-0.4, -0.2) is 24.8 Å². The highest BCUT2D eigenvalue weighted by molar-refractivity contribution is 4.52. The lowest BCUT2D eigenvalue weighted by molar-refractivity contribution is 0.282. The van der Waals surface area contributed by atoms with Crippen molar-refractivity contribution in [2.24, 2.45) is 0 Å². The minimum Gasteiger partial charge on any atom is -0.396 e. The average molecular weight is 384 g/mol. The standard InChI is InChI=1S/C25H53NO/c1-2-3-4-5-6-7-8-9-10-11-12-13-14-15-16-17-20-23-26-24-21-18-19-22-25-27/h26-27H,2-25H2,1H3. The largest absolute Gasteiger partial charge is 0.396 e. The van der Waals surface area contributed by atoms with E-state index in [-0.39, 0.29) is 0 Å². The van der Waals surface area contributed by atoms with Crippen LogP contribution in [0.1, 0.15) is 142 Å². The maximum Gasteiger partial charge on any atom is 0.0431 e. The van der Waals surface area contributed by atoms with Crippen LogP contribution in [0.25, 0.3) is 0 Å². The Hall–Kier alpha value is -0.0800. The average Bonchev–Trinajstić information content (AvgIpc) is 2.68. The Labute approximate surface area is 172 Å². The van der Waals surface area contributed by atoms with E-state index in [1.807, 2.05) is 0 Å². The van der Waals surface area contributed by atoms with Gasteiger partial charge < -0.3 is 10.4 Å². The predicted molar refractivity (Wildman–Crippen MR) is 123 cm³/mol. The summed E-state index contributed by atoms with van der Waals surface area (Å²) < 4.78 is 0. The van der Waals surface area contributed by atoms with E-state index in [2.05, 4.69) is 12.2 Å². The third kappa shape index (κ3) is 25.9. The van der Waals surface area contributed by atoms with Gasteiger partial charge in [0.2, 0.25) is 0 Å². The van der Waals surface area contributed by atoms with Crippen LogP contribution in [0.5, 0.6) is 0 Å². The summed E-state index contributed by atoms with van der Waals surface area (Å²) in [5.41, 5.74) is 0. The minimum atomic E-state index is 0.354. The van der Waals surface area contributed by atoms with Gasteiger partial charge in [0.25, 0.3) is 0 Å². The zero-order chi connectivity index (χ0) is 19.7. The minimum absolute atomic E-state index is 0.354. The van der Waals surface area contributed by atoms with Crippen molar-refractivity contribution in [3.8, 4) is 0 Å². The van der Waals surface area contributed by atoms with Crippen molar-refractivity contribution in [2.75, 3.05) is 19.7 Å². The first-order valence-corrected chi connectivity index (χ1v) is 12.7. The van der Waals surface area contributed by atoms with Gasteiger partial charge in [0.1, 0.15) is 0 Å².